The fourth-order valence-electron chi connectivity index (χ4n) is 4.41. The molecule has 0 aliphatic carbocycles. The van der Waals surface area contributed by atoms with Gasteiger partial charge in [0.05, 0.1) is 0 Å². The molecule has 5 N–H and O–H groups in total. The van der Waals surface area contributed by atoms with E-state index in [1.165, 1.54) is 24.0 Å². The van der Waals surface area contributed by atoms with Gasteiger partial charge >= 0.3 is 12.2 Å². The van der Waals surface area contributed by atoms with E-state index in [1.54, 1.807) is 45.0 Å². The SMILES string of the molecule is C[C@@H](NC(=O)[C@H](Cc1ccc(O)cc1)NC(=O)OCc1ccccc1)C(=O)N1CCC[C@H]1C(=O)NNC(=O)OC(C)(C)C. The van der Waals surface area contributed by atoms with Gasteiger partial charge in [-0.1, -0.05) is 42.5 Å². The number of aromatic hydroxyl groups is 1. The second-order valence-corrected chi connectivity index (χ2v) is 11.2. The summed E-state index contributed by atoms with van der Waals surface area (Å²) in [4.78, 5) is 65.2. The lowest BCUT2D eigenvalue weighted by Crippen LogP contribution is -2.57. The van der Waals surface area contributed by atoms with Gasteiger partial charge in [0.1, 0.15) is 36.1 Å². The van der Waals surface area contributed by atoms with E-state index in [0.717, 1.165) is 5.56 Å². The smallest absolute Gasteiger partial charge is 0.426 e. The number of hydrogen-bond donors (Lipinski definition) is 5. The molecule has 1 saturated heterocycles. The zero-order chi connectivity index (χ0) is 31.6. The lowest BCUT2D eigenvalue weighted by Gasteiger charge is -2.28. The maximum Gasteiger partial charge on any atom is 0.426 e. The number of alkyl carbamates (subject to hydrolysis) is 1. The predicted molar refractivity (Wildman–Crippen MR) is 155 cm³/mol. The molecule has 43 heavy (non-hydrogen) atoms. The first kappa shape index (κ1) is 32.7. The molecule has 0 unspecified atom stereocenters. The number of phenolic OH excluding ortho intramolecular Hbond substituents is 1. The van der Waals surface area contributed by atoms with Crippen molar-refractivity contribution < 1.29 is 38.6 Å². The zero-order valence-corrected chi connectivity index (χ0v) is 24.7. The van der Waals surface area contributed by atoms with Gasteiger partial charge in [-0.15, -0.1) is 0 Å². The van der Waals surface area contributed by atoms with Crippen LogP contribution in [0.4, 0.5) is 9.59 Å². The van der Waals surface area contributed by atoms with Crippen molar-refractivity contribution in [3.8, 4) is 5.75 Å². The summed E-state index contributed by atoms with van der Waals surface area (Å²) >= 11 is 0. The van der Waals surface area contributed by atoms with Crippen LogP contribution in [0.3, 0.4) is 0 Å². The van der Waals surface area contributed by atoms with E-state index < -0.39 is 53.6 Å². The fraction of sp³-hybridized carbons (Fsp3) is 0.433. The van der Waals surface area contributed by atoms with Crippen LogP contribution in [0.5, 0.6) is 5.75 Å². The Hall–Kier alpha value is -4.81. The Balaban J connectivity index is 1.62. The molecule has 1 aliphatic heterocycles. The molecule has 0 saturated carbocycles. The van der Waals surface area contributed by atoms with Crippen LogP contribution in [-0.4, -0.2) is 70.2 Å². The molecular weight excluding hydrogens is 558 g/mol. The average Bonchev–Trinajstić information content (AvgIpc) is 3.45. The molecule has 0 radical (unpaired) electrons. The third-order valence-corrected chi connectivity index (χ3v) is 6.45. The maximum atomic E-state index is 13.3. The van der Waals surface area contributed by atoms with Gasteiger partial charge in [0.25, 0.3) is 5.91 Å². The Bertz CT molecular complexity index is 1280. The lowest BCUT2D eigenvalue weighted by atomic mass is 10.0. The summed E-state index contributed by atoms with van der Waals surface area (Å²) in [6.45, 7) is 6.80. The van der Waals surface area contributed by atoms with Gasteiger partial charge < -0.3 is 30.1 Å². The van der Waals surface area contributed by atoms with E-state index in [2.05, 4.69) is 21.5 Å². The quantitative estimate of drug-likeness (QED) is 0.274. The number of carbonyl (C=O) groups is 5. The minimum atomic E-state index is -1.11. The highest BCUT2D eigenvalue weighted by Crippen LogP contribution is 2.19. The number of benzene rings is 2. The first-order chi connectivity index (χ1) is 20.3. The maximum absolute atomic E-state index is 13.3. The van der Waals surface area contributed by atoms with Gasteiger partial charge in [-0.05, 0) is 63.8 Å². The predicted octanol–water partition coefficient (Wildman–Crippen LogP) is 2.28. The highest BCUT2D eigenvalue weighted by molar-refractivity contribution is 5.94. The molecule has 0 bridgehead atoms. The van der Waals surface area contributed by atoms with Crippen LogP contribution < -0.4 is 21.5 Å². The molecule has 1 heterocycles. The number of hydrazine groups is 1. The number of nitrogens with one attached hydrogen (secondary N) is 4. The summed E-state index contributed by atoms with van der Waals surface area (Å²) in [5.41, 5.74) is 5.12. The number of ether oxygens (including phenoxy) is 2. The van der Waals surface area contributed by atoms with Crippen LogP contribution in [-0.2, 0) is 36.9 Å². The summed E-state index contributed by atoms with van der Waals surface area (Å²) in [5, 5.41) is 14.8. The van der Waals surface area contributed by atoms with Crippen molar-refractivity contribution in [3.05, 3.63) is 65.7 Å². The van der Waals surface area contributed by atoms with Crippen LogP contribution in [0.2, 0.25) is 0 Å². The van der Waals surface area contributed by atoms with Crippen LogP contribution in [0.25, 0.3) is 0 Å². The van der Waals surface area contributed by atoms with Gasteiger partial charge in [-0.25, -0.2) is 15.0 Å². The molecule has 13 heteroatoms. The molecule has 0 spiro atoms. The molecule has 232 valence electrons. The number of carbonyl (C=O) groups excluding carboxylic acids is 5. The van der Waals surface area contributed by atoms with E-state index in [4.69, 9.17) is 9.47 Å². The van der Waals surface area contributed by atoms with Crippen LogP contribution in [0, 0.1) is 0 Å². The number of phenols is 1. The van der Waals surface area contributed by atoms with Crippen LogP contribution in [0.15, 0.2) is 54.6 Å². The molecule has 2 aromatic rings. The number of amides is 5. The van der Waals surface area contributed by atoms with Gasteiger partial charge in [0.15, 0.2) is 0 Å². The molecule has 5 amide bonds. The molecule has 0 aromatic heterocycles. The summed E-state index contributed by atoms with van der Waals surface area (Å²) < 4.78 is 10.4. The molecule has 13 nitrogen and oxygen atoms in total. The van der Waals surface area contributed by atoms with E-state index in [-0.39, 0.29) is 25.3 Å². The minimum Gasteiger partial charge on any atom is -0.508 e. The largest absolute Gasteiger partial charge is 0.508 e. The van der Waals surface area contributed by atoms with Crippen molar-refractivity contribution >= 4 is 29.9 Å². The Kier molecular flexibility index (Phi) is 11.3. The molecular formula is C30H39N5O8. The second-order valence-electron chi connectivity index (χ2n) is 11.2. The molecule has 1 fully saturated rings. The van der Waals surface area contributed by atoms with Crippen molar-refractivity contribution in [3.63, 3.8) is 0 Å². The monoisotopic (exact) mass is 597 g/mol. The summed E-state index contributed by atoms with van der Waals surface area (Å²) in [6.07, 6.45) is -0.692. The van der Waals surface area contributed by atoms with Crippen molar-refractivity contribution in [2.75, 3.05) is 6.54 Å². The van der Waals surface area contributed by atoms with Gasteiger partial charge in [0.2, 0.25) is 11.8 Å². The lowest BCUT2D eigenvalue weighted by molar-refractivity contribution is -0.141. The average molecular weight is 598 g/mol. The molecule has 3 rings (SSSR count). The van der Waals surface area contributed by atoms with E-state index in [9.17, 15) is 29.1 Å². The van der Waals surface area contributed by atoms with Gasteiger partial charge in [-0.2, -0.15) is 0 Å². The summed E-state index contributed by atoms with van der Waals surface area (Å²) in [5.74, 6) is -1.69. The fourth-order valence-corrected chi connectivity index (χ4v) is 4.41. The van der Waals surface area contributed by atoms with Crippen molar-refractivity contribution in [2.45, 2.75) is 77.3 Å². The van der Waals surface area contributed by atoms with E-state index >= 15 is 0 Å². The second kappa shape index (κ2) is 14.9. The van der Waals surface area contributed by atoms with Crippen LogP contribution in [0.1, 0.15) is 51.7 Å². The molecule has 1 aliphatic rings. The zero-order valence-electron chi connectivity index (χ0n) is 24.7. The third-order valence-electron chi connectivity index (χ3n) is 6.45. The van der Waals surface area contributed by atoms with E-state index in [1.807, 2.05) is 18.2 Å². The topological polar surface area (TPSA) is 175 Å². The Morgan fingerprint density at radius 3 is 2.26 bits per heavy atom. The van der Waals surface area contributed by atoms with Crippen LogP contribution >= 0.6 is 0 Å². The summed E-state index contributed by atoms with van der Waals surface area (Å²) in [7, 11) is 0. The van der Waals surface area contributed by atoms with Crippen molar-refractivity contribution in [2.24, 2.45) is 0 Å². The van der Waals surface area contributed by atoms with Crippen molar-refractivity contribution in [1.82, 2.24) is 26.4 Å². The summed E-state index contributed by atoms with van der Waals surface area (Å²) in [6, 6.07) is 12.2. The first-order valence-corrected chi connectivity index (χ1v) is 14.0. The normalized spacial score (nSPS) is 15.9. The number of rotatable bonds is 9. The standard InChI is InChI=1S/C30H39N5O8/c1-19(27(39)35-16-8-11-24(35)26(38)33-34-29(41)43-30(2,3)4)31-25(37)23(17-20-12-14-22(36)15-13-20)32-28(40)42-18-21-9-6-5-7-10-21/h5-7,9-10,12-15,19,23-24,36H,8,11,16-18H2,1-4H3,(H,31,37)(H,32,40)(H,33,38)(H,34,41)/t19-,23+,24+/m1/s1. The Morgan fingerprint density at radius 2 is 1.60 bits per heavy atom. The highest BCUT2D eigenvalue weighted by Gasteiger charge is 2.37. The van der Waals surface area contributed by atoms with Gasteiger partial charge in [0, 0.05) is 13.0 Å². The first-order valence-electron chi connectivity index (χ1n) is 14.0. The highest BCUT2D eigenvalue weighted by atomic mass is 16.6. The van der Waals surface area contributed by atoms with Gasteiger partial charge in [-0.3, -0.25) is 19.8 Å². The third kappa shape index (κ3) is 10.5. The molecule has 2 aromatic carbocycles. The van der Waals surface area contributed by atoms with E-state index in [0.29, 0.717) is 18.4 Å². The Labute approximate surface area is 250 Å². The number of hydrogen-bond acceptors (Lipinski definition) is 8. The number of likely N-dealkylation sites (tertiary alicyclic amines) is 1. The number of nitrogens with zero attached hydrogens (tertiary/aromatic N) is 1. The Morgan fingerprint density at radius 1 is 0.930 bits per heavy atom. The minimum absolute atomic E-state index is 0.00366. The molecule has 3 atom stereocenters. The van der Waals surface area contributed by atoms with Crippen molar-refractivity contribution in [1.29, 1.82) is 0 Å².